The fraction of sp³-hybridized carbons (Fsp3) is 0.407. The highest BCUT2D eigenvalue weighted by atomic mass is 19.4. The topological polar surface area (TPSA) is 132 Å². The number of carbonyl (C=O) groups excluding carboxylic acids is 3. The standard InChI is InChI=1S/C27H31F4N7O5/c1-35(2)23(39)8-6-5-7-21(43-26(42)36(3)4)24(40)34-19-14-32-16-37(25(19)41)15-22-33-18-13-17(28)9-10-20(18)38(22)12-11-27(29,30)31/h6,8-10,13-14,16,21H,5,7,11-12,15H2,1-4H3,(H,34,40)/b8-6+/t21-/m0/s1. The van der Waals surface area contributed by atoms with Crippen LogP contribution in [0.3, 0.4) is 0 Å². The van der Waals surface area contributed by atoms with E-state index < -0.39 is 48.6 Å². The molecule has 3 amide bonds. The lowest BCUT2D eigenvalue weighted by Crippen LogP contribution is -2.37. The molecule has 0 spiro atoms. The van der Waals surface area contributed by atoms with Gasteiger partial charge in [-0.1, -0.05) is 6.08 Å². The van der Waals surface area contributed by atoms with Gasteiger partial charge < -0.3 is 24.4 Å². The molecule has 3 rings (SSSR count). The Kier molecular flexibility index (Phi) is 10.6. The summed E-state index contributed by atoms with van der Waals surface area (Å²) in [6.07, 6.45) is -2.64. The highest BCUT2D eigenvalue weighted by Crippen LogP contribution is 2.24. The molecule has 0 aliphatic rings. The van der Waals surface area contributed by atoms with Gasteiger partial charge in [-0.2, -0.15) is 13.2 Å². The predicted octanol–water partition coefficient (Wildman–Crippen LogP) is 3.16. The number of allylic oxidation sites excluding steroid dienone is 1. The number of rotatable bonds is 11. The number of anilines is 1. The highest BCUT2D eigenvalue weighted by molar-refractivity contribution is 5.95. The molecule has 0 saturated heterocycles. The number of hydrogen-bond donors (Lipinski definition) is 1. The number of carbonyl (C=O) groups is 3. The van der Waals surface area contributed by atoms with E-state index in [1.165, 1.54) is 41.8 Å². The molecule has 16 heteroatoms. The number of amides is 3. The summed E-state index contributed by atoms with van der Waals surface area (Å²) in [5.74, 6) is -1.72. The van der Waals surface area contributed by atoms with Gasteiger partial charge in [0.05, 0.1) is 36.5 Å². The summed E-state index contributed by atoms with van der Waals surface area (Å²) in [5, 5.41) is 2.39. The van der Waals surface area contributed by atoms with Crippen molar-refractivity contribution in [3.05, 3.63) is 64.9 Å². The molecule has 0 bridgehead atoms. The molecule has 43 heavy (non-hydrogen) atoms. The molecule has 0 radical (unpaired) electrons. The molecule has 0 aliphatic heterocycles. The van der Waals surface area contributed by atoms with E-state index in [9.17, 15) is 36.7 Å². The van der Waals surface area contributed by atoms with Crippen molar-refractivity contribution in [1.29, 1.82) is 0 Å². The Morgan fingerprint density at radius 3 is 2.51 bits per heavy atom. The largest absolute Gasteiger partial charge is 0.436 e. The fourth-order valence-corrected chi connectivity index (χ4v) is 3.83. The molecule has 0 saturated carbocycles. The Bertz CT molecular complexity index is 1560. The van der Waals surface area contributed by atoms with Gasteiger partial charge in [-0.3, -0.25) is 19.0 Å². The molecule has 232 valence electrons. The van der Waals surface area contributed by atoms with Gasteiger partial charge in [-0.15, -0.1) is 0 Å². The molecule has 0 unspecified atom stereocenters. The molecular formula is C27H31F4N7O5. The number of hydrogen-bond acceptors (Lipinski definition) is 7. The van der Waals surface area contributed by atoms with Crippen molar-refractivity contribution in [3.63, 3.8) is 0 Å². The van der Waals surface area contributed by atoms with Gasteiger partial charge in [0.1, 0.15) is 17.3 Å². The number of ether oxygens (including phenoxy) is 1. The Morgan fingerprint density at radius 1 is 1.14 bits per heavy atom. The second-order valence-corrected chi connectivity index (χ2v) is 9.89. The van der Waals surface area contributed by atoms with E-state index in [-0.39, 0.29) is 47.8 Å². The number of aromatic nitrogens is 4. The third-order valence-corrected chi connectivity index (χ3v) is 6.08. The molecule has 0 aliphatic carbocycles. The summed E-state index contributed by atoms with van der Waals surface area (Å²) in [4.78, 5) is 60.8. The van der Waals surface area contributed by atoms with Crippen LogP contribution in [0.4, 0.5) is 28.0 Å². The summed E-state index contributed by atoms with van der Waals surface area (Å²) < 4.78 is 60.3. The summed E-state index contributed by atoms with van der Waals surface area (Å²) in [6.45, 7) is -0.861. The SMILES string of the molecule is CN(C)C(=O)/C=C/CC[C@H](OC(=O)N(C)C)C(=O)Nc1cncn(Cc2nc3cc(F)ccc3n2CCC(F)(F)F)c1=O. The zero-order valence-electron chi connectivity index (χ0n) is 23.9. The first-order valence-electron chi connectivity index (χ1n) is 13.0. The van der Waals surface area contributed by atoms with E-state index in [0.29, 0.717) is 0 Å². The van der Waals surface area contributed by atoms with Gasteiger partial charge in [0.2, 0.25) is 5.91 Å². The number of nitrogens with one attached hydrogen (secondary N) is 1. The van der Waals surface area contributed by atoms with Crippen LogP contribution in [-0.2, 0) is 27.4 Å². The normalized spacial score (nSPS) is 12.4. The Morgan fingerprint density at radius 2 is 1.86 bits per heavy atom. The second kappa shape index (κ2) is 13.9. The average molecular weight is 610 g/mol. The molecule has 3 aromatic rings. The highest BCUT2D eigenvalue weighted by Gasteiger charge is 2.28. The number of nitrogens with zero attached hydrogens (tertiary/aromatic N) is 6. The van der Waals surface area contributed by atoms with E-state index in [1.54, 1.807) is 14.1 Å². The second-order valence-electron chi connectivity index (χ2n) is 9.89. The number of imidazole rings is 1. The van der Waals surface area contributed by atoms with E-state index in [4.69, 9.17) is 4.74 Å². The number of halogens is 4. The van der Waals surface area contributed by atoms with Gasteiger partial charge in [0, 0.05) is 40.8 Å². The first-order chi connectivity index (χ1) is 20.2. The summed E-state index contributed by atoms with van der Waals surface area (Å²) in [5.41, 5.74) is -0.702. The summed E-state index contributed by atoms with van der Waals surface area (Å²) in [7, 11) is 5.98. The molecule has 2 heterocycles. The lowest BCUT2D eigenvalue weighted by atomic mass is 10.1. The van der Waals surface area contributed by atoms with Crippen LogP contribution >= 0.6 is 0 Å². The molecular weight excluding hydrogens is 578 g/mol. The van der Waals surface area contributed by atoms with E-state index in [1.807, 2.05) is 0 Å². The van der Waals surface area contributed by atoms with Crippen LogP contribution in [0.1, 0.15) is 25.1 Å². The zero-order valence-corrected chi connectivity index (χ0v) is 23.9. The van der Waals surface area contributed by atoms with Crippen molar-refractivity contribution in [3.8, 4) is 0 Å². The van der Waals surface area contributed by atoms with Crippen LogP contribution in [0.2, 0.25) is 0 Å². The van der Waals surface area contributed by atoms with Gasteiger partial charge in [0.15, 0.2) is 6.10 Å². The number of likely N-dealkylation sites (N-methyl/N-ethyl adjacent to an activating group) is 1. The minimum Gasteiger partial charge on any atom is -0.436 e. The maximum absolute atomic E-state index is 13.8. The van der Waals surface area contributed by atoms with Crippen molar-refractivity contribution in [2.75, 3.05) is 33.5 Å². The van der Waals surface area contributed by atoms with Crippen molar-refractivity contribution >= 4 is 34.6 Å². The van der Waals surface area contributed by atoms with Crippen LogP contribution in [0, 0.1) is 5.82 Å². The summed E-state index contributed by atoms with van der Waals surface area (Å²) >= 11 is 0. The van der Waals surface area contributed by atoms with E-state index in [2.05, 4.69) is 15.3 Å². The van der Waals surface area contributed by atoms with Crippen molar-refractivity contribution < 1.29 is 36.7 Å². The third kappa shape index (κ3) is 9.11. The van der Waals surface area contributed by atoms with Crippen molar-refractivity contribution in [1.82, 2.24) is 28.9 Å². The molecule has 12 nitrogen and oxygen atoms in total. The monoisotopic (exact) mass is 609 g/mol. The smallest absolute Gasteiger partial charge is 0.410 e. The number of fused-ring (bicyclic) bond motifs is 1. The molecule has 1 aromatic carbocycles. The predicted molar refractivity (Wildman–Crippen MR) is 148 cm³/mol. The number of alkyl halides is 3. The Balaban J connectivity index is 1.85. The lowest BCUT2D eigenvalue weighted by Gasteiger charge is -2.19. The maximum atomic E-state index is 13.8. The maximum Gasteiger partial charge on any atom is 0.410 e. The van der Waals surface area contributed by atoms with Gasteiger partial charge >= 0.3 is 12.3 Å². The molecule has 1 N–H and O–H groups in total. The number of aryl methyl sites for hydroxylation is 1. The van der Waals surface area contributed by atoms with Gasteiger partial charge in [0.25, 0.3) is 11.5 Å². The molecule has 2 aromatic heterocycles. The van der Waals surface area contributed by atoms with Crippen LogP contribution in [0.25, 0.3) is 11.0 Å². The lowest BCUT2D eigenvalue weighted by molar-refractivity contribution is -0.136. The van der Waals surface area contributed by atoms with Crippen LogP contribution in [0.5, 0.6) is 0 Å². The first kappa shape index (κ1) is 32.8. The minimum atomic E-state index is -4.47. The van der Waals surface area contributed by atoms with Crippen LogP contribution in [0.15, 0.2) is 47.7 Å². The Labute approximate surface area is 243 Å². The first-order valence-corrected chi connectivity index (χ1v) is 13.0. The molecule has 1 atom stereocenters. The average Bonchev–Trinajstić information content (AvgIpc) is 3.26. The summed E-state index contributed by atoms with van der Waals surface area (Å²) in [6, 6.07) is 3.47. The number of benzene rings is 1. The molecule has 0 fully saturated rings. The van der Waals surface area contributed by atoms with E-state index in [0.717, 1.165) is 34.1 Å². The van der Waals surface area contributed by atoms with Gasteiger partial charge in [-0.25, -0.2) is 19.2 Å². The quantitative estimate of drug-likeness (QED) is 0.261. The minimum absolute atomic E-state index is 0.0170. The Hall–Kier alpha value is -4.76. The van der Waals surface area contributed by atoms with Crippen LogP contribution in [-0.4, -0.2) is 87.3 Å². The third-order valence-electron chi connectivity index (χ3n) is 6.08. The van der Waals surface area contributed by atoms with Crippen LogP contribution < -0.4 is 10.9 Å². The van der Waals surface area contributed by atoms with Crippen molar-refractivity contribution in [2.24, 2.45) is 0 Å². The van der Waals surface area contributed by atoms with E-state index >= 15 is 0 Å². The van der Waals surface area contributed by atoms with Gasteiger partial charge in [-0.05, 0) is 31.1 Å². The van der Waals surface area contributed by atoms with Crippen molar-refractivity contribution in [2.45, 2.75) is 44.6 Å². The zero-order chi connectivity index (χ0) is 31.9. The fourth-order valence-electron chi connectivity index (χ4n) is 3.83.